The van der Waals surface area contributed by atoms with Crippen LogP contribution >= 0.6 is 0 Å². The molecular formula is C25H25FN4O3. The van der Waals surface area contributed by atoms with E-state index in [1.807, 2.05) is 38.1 Å². The van der Waals surface area contributed by atoms with Crippen LogP contribution in [0.25, 0.3) is 16.8 Å². The monoisotopic (exact) mass is 448 g/mol. The summed E-state index contributed by atoms with van der Waals surface area (Å²) in [5, 5.41) is 7.37. The number of amides is 1. The molecule has 2 heterocycles. The molecule has 170 valence electrons. The van der Waals surface area contributed by atoms with Gasteiger partial charge in [0.15, 0.2) is 0 Å². The highest BCUT2D eigenvalue weighted by Crippen LogP contribution is 2.22. The van der Waals surface area contributed by atoms with E-state index in [9.17, 15) is 14.0 Å². The topological polar surface area (TPSA) is 77.6 Å². The van der Waals surface area contributed by atoms with E-state index < -0.39 is 0 Å². The van der Waals surface area contributed by atoms with Gasteiger partial charge in [-0.1, -0.05) is 12.1 Å². The number of hydrogen-bond donors (Lipinski definition) is 1. The number of aromatic nitrogens is 3. The highest BCUT2D eigenvalue weighted by atomic mass is 19.1. The highest BCUT2D eigenvalue weighted by molar-refractivity contribution is 5.76. The van der Waals surface area contributed by atoms with Crippen molar-refractivity contribution in [1.29, 1.82) is 0 Å². The lowest BCUT2D eigenvalue weighted by Crippen LogP contribution is -2.29. The summed E-state index contributed by atoms with van der Waals surface area (Å²) < 4.78 is 21.6. The van der Waals surface area contributed by atoms with Crippen LogP contribution in [0.1, 0.15) is 31.9 Å². The number of carbonyl (C=O) groups excluding carboxylic acids is 1. The first-order valence-electron chi connectivity index (χ1n) is 10.8. The SMILES string of the molecule is CCOc1ccc(-c2cc3c(=O)n(CCC(=O)N[C@@H](C)c4ccc(F)cc4)ccn3n2)cc1. The van der Waals surface area contributed by atoms with E-state index in [0.29, 0.717) is 17.8 Å². The molecule has 4 rings (SSSR count). The van der Waals surface area contributed by atoms with Crippen molar-refractivity contribution in [2.45, 2.75) is 32.9 Å². The Balaban J connectivity index is 1.44. The quantitative estimate of drug-likeness (QED) is 0.443. The van der Waals surface area contributed by atoms with Gasteiger partial charge in [0.05, 0.1) is 18.3 Å². The minimum Gasteiger partial charge on any atom is -0.494 e. The Labute approximate surface area is 190 Å². The van der Waals surface area contributed by atoms with Crippen LogP contribution in [0.2, 0.25) is 0 Å². The van der Waals surface area contributed by atoms with Gasteiger partial charge >= 0.3 is 0 Å². The van der Waals surface area contributed by atoms with Crippen LogP contribution in [-0.2, 0) is 11.3 Å². The Hall–Kier alpha value is -3.94. The summed E-state index contributed by atoms with van der Waals surface area (Å²) in [6.07, 6.45) is 3.47. The third-order valence-electron chi connectivity index (χ3n) is 5.39. The molecule has 2 aromatic carbocycles. The van der Waals surface area contributed by atoms with Crippen molar-refractivity contribution in [2.24, 2.45) is 0 Å². The van der Waals surface area contributed by atoms with Gasteiger partial charge in [0.2, 0.25) is 5.91 Å². The molecule has 1 N–H and O–H groups in total. The average molecular weight is 448 g/mol. The van der Waals surface area contributed by atoms with Crippen LogP contribution in [0.15, 0.2) is 71.8 Å². The summed E-state index contributed by atoms with van der Waals surface area (Å²) in [6, 6.07) is 15.0. The third-order valence-corrected chi connectivity index (χ3v) is 5.39. The summed E-state index contributed by atoms with van der Waals surface area (Å²) in [5.41, 5.74) is 2.58. The summed E-state index contributed by atoms with van der Waals surface area (Å²) in [4.78, 5) is 25.3. The van der Waals surface area contributed by atoms with Crippen LogP contribution in [0, 0.1) is 5.82 Å². The molecule has 0 fully saturated rings. The number of hydrogen-bond acceptors (Lipinski definition) is 4. The summed E-state index contributed by atoms with van der Waals surface area (Å²) in [7, 11) is 0. The Bertz CT molecular complexity index is 1310. The van der Waals surface area contributed by atoms with Crippen molar-refractivity contribution in [3.63, 3.8) is 0 Å². The Morgan fingerprint density at radius 1 is 1.12 bits per heavy atom. The van der Waals surface area contributed by atoms with Crippen molar-refractivity contribution in [1.82, 2.24) is 19.5 Å². The van der Waals surface area contributed by atoms with E-state index in [1.54, 1.807) is 35.1 Å². The fourth-order valence-electron chi connectivity index (χ4n) is 3.60. The van der Waals surface area contributed by atoms with Gasteiger partial charge in [0.25, 0.3) is 5.56 Å². The van der Waals surface area contributed by atoms with Gasteiger partial charge < -0.3 is 14.6 Å². The number of benzene rings is 2. The molecular weight excluding hydrogens is 423 g/mol. The van der Waals surface area contributed by atoms with E-state index in [-0.39, 0.29) is 36.3 Å². The number of rotatable bonds is 8. The Kier molecular flexibility index (Phi) is 6.53. The fraction of sp³-hybridized carbons (Fsp3) is 0.240. The number of carbonyl (C=O) groups is 1. The number of nitrogens with one attached hydrogen (secondary N) is 1. The number of nitrogens with zero attached hydrogens (tertiary/aromatic N) is 3. The van der Waals surface area contributed by atoms with Crippen LogP contribution in [-0.4, -0.2) is 26.7 Å². The Morgan fingerprint density at radius 2 is 1.85 bits per heavy atom. The third kappa shape index (κ3) is 5.11. The standard InChI is InChI=1S/C25H25FN4O3/c1-3-33-21-10-6-19(7-11-21)22-16-23-25(32)29(14-15-30(23)28-22)13-12-24(31)27-17(2)18-4-8-20(26)9-5-18/h4-11,14-17H,3,12-13H2,1-2H3,(H,27,31)/t17-/m0/s1. The molecule has 0 saturated heterocycles. The van der Waals surface area contributed by atoms with Gasteiger partial charge in [-0.2, -0.15) is 5.10 Å². The zero-order valence-corrected chi connectivity index (χ0v) is 18.5. The lowest BCUT2D eigenvalue weighted by Gasteiger charge is -2.14. The van der Waals surface area contributed by atoms with Crippen molar-refractivity contribution in [3.8, 4) is 17.0 Å². The van der Waals surface area contributed by atoms with E-state index >= 15 is 0 Å². The molecule has 8 heteroatoms. The van der Waals surface area contributed by atoms with Crippen molar-refractivity contribution in [3.05, 3.63) is 88.7 Å². The molecule has 0 spiro atoms. The average Bonchev–Trinajstić information content (AvgIpc) is 3.25. The maximum absolute atomic E-state index is 13.1. The summed E-state index contributed by atoms with van der Waals surface area (Å²) in [5.74, 6) is 0.263. The molecule has 0 aliphatic rings. The molecule has 1 amide bonds. The molecule has 0 aliphatic carbocycles. The van der Waals surface area contributed by atoms with Gasteiger partial charge in [0.1, 0.15) is 17.1 Å². The molecule has 0 radical (unpaired) electrons. The van der Waals surface area contributed by atoms with E-state index in [1.165, 1.54) is 16.7 Å². The first kappa shape index (κ1) is 22.3. The molecule has 7 nitrogen and oxygen atoms in total. The molecule has 0 saturated carbocycles. The summed E-state index contributed by atoms with van der Waals surface area (Å²) >= 11 is 0. The Morgan fingerprint density at radius 3 is 2.55 bits per heavy atom. The van der Waals surface area contributed by atoms with Gasteiger partial charge in [-0.05, 0) is 61.9 Å². The molecule has 0 unspecified atom stereocenters. The molecule has 0 bridgehead atoms. The smallest absolute Gasteiger partial charge is 0.276 e. The van der Waals surface area contributed by atoms with Crippen molar-refractivity contribution in [2.75, 3.05) is 6.61 Å². The maximum Gasteiger partial charge on any atom is 0.276 e. The van der Waals surface area contributed by atoms with Crippen LogP contribution in [0.4, 0.5) is 4.39 Å². The lowest BCUT2D eigenvalue weighted by atomic mass is 10.1. The number of ether oxygens (including phenoxy) is 1. The van der Waals surface area contributed by atoms with Gasteiger partial charge in [-0.3, -0.25) is 9.59 Å². The lowest BCUT2D eigenvalue weighted by molar-refractivity contribution is -0.121. The predicted octanol–water partition coefficient (Wildman–Crippen LogP) is 3.97. The van der Waals surface area contributed by atoms with E-state index in [4.69, 9.17) is 4.74 Å². The first-order valence-corrected chi connectivity index (χ1v) is 10.8. The second-order valence-corrected chi connectivity index (χ2v) is 7.70. The van der Waals surface area contributed by atoms with Crippen LogP contribution in [0.3, 0.4) is 0 Å². The van der Waals surface area contributed by atoms with Gasteiger partial charge in [-0.25, -0.2) is 8.91 Å². The number of fused-ring (bicyclic) bond motifs is 1. The van der Waals surface area contributed by atoms with Gasteiger partial charge in [0, 0.05) is 30.9 Å². The van der Waals surface area contributed by atoms with Crippen molar-refractivity contribution < 1.29 is 13.9 Å². The van der Waals surface area contributed by atoms with Crippen LogP contribution in [0.5, 0.6) is 5.75 Å². The summed E-state index contributed by atoms with van der Waals surface area (Å²) in [6.45, 7) is 4.59. The molecule has 2 aromatic heterocycles. The van der Waals surface area contributed by atoms with Gasteiger partial charge in [-0.15, -0.1) is 0 Å². The largest absolute Gasteiger partial charge is 0.494 e. The first-order chi connectivity index (χ1) is 15.9. The van der Waals surface area contributed by atoms with Crippen molar-refractivity contribution >= 4 is 11.4 Å². The minimum absolute atomic E-state index is 0.140. The number of halogens is 1. The zero-order valence-electron chi connectivity index (χ0n) is 18.5. The fourth-order valence-corrected chi connectivity index (χ4v) is 3.60. The molecule has 4 aromatic rings. The highest BCUT2D eigenvalue weighted by Gasteiger charge is 2.12. The van der Waals surface area contributed by atoms with E-state index in [2.05, 4.69) is 10.4 Å². The molecule has 1 atom stereocenters. The number of aryl methyl sites for hydroxylation is 1. The second-order valence-electron chi connectivity index (χ2n) is 7.70. The molecule has 0 aliphatic heterocycles. The van der Waals surface area contributed by atoms with Crippen LogP contribution < -0.4 is 15.6 Å². The van der Waals surface area contributed by atoms with E-state index in [0.717, 1.165) is 16.9 Å². The molecule has 33 heavy (non-hydrogen) atoms. The minimum atomic E-state index is -0.322. The normalized spacial score (nSPS) is 12.0. The second kappa shape index (κ2) is 9.68. The maximum atomic E-state index is 13.1. The zero-order chi connectivity index (χ0) is 23.4. The predicted molar refractivity (Wildman–Crippen MR) is 124 cm³/mol.